The zero-order chi connectivity index (χ0) is 30.6. The molecule has 14 heteroatoms. The summed E-state index contributed by atoms with van der Waals surface area (Å²) in [6.07, 6.45) is -1.10. The Bertz CT molecular complexity index is 1660. The van der Waals surface area contributed by atoms with Gasteiger partial charge in [-0.1, -0.05) is 6.07 Å². The quantitative estimate of drug-likeness (QED) is 0.334. The minimum absolute atomic E-state index is 0.0546. The van der Waals surface area contributed by atoms with Gasteiger partial charge in [-0.05, 0) is 73.2 Å². The highest BCUT2D eigenvalue weighted by Gasteiger charge is 2.37. The van der Waals surface area contributed by atoms with E-state index in [0.717, 1.165) is 5.56 Å². The van der Waals surface area contributed by atoms with Gasteiger partial charge in [0.15, 0.2) is 6.10 Å². The molecule has 2 aliphatic heterocycles. The summed E-state index contributed by atoms with van der Waals surface area (Å²) >= 11 is 0. The number of amides is 1. The molecule has 1 saturated heterocycles. The lowest BCUT2D eigenvalue weighted by Gasteiger charge is -2.35. The monoisotopic (exact) mass is 631 g/mol. The zero-order valence-electron chi connectivity index (χ0n) is 23.8. The third-order valence-electron chi connectivity index (χ3n) is 7.03. The van der Waals surface area contributed by atoms with Crippen LogP contribution < -0.4 is 23.8 Å². The minimum atomic E-state index is -4.03. The van der Waals surface area contributed by atoms with Crippen LogP contribution in [0.1, 0.15) is 5.56 Å². The number of ether oxygens (including phenoxy) is 4. The molecule has 1 fully saturated rings. The van der Waals surface area contributed by atoms with Gasteiger partial charge in [-0.25, -0.2) is 16.8 Å². The van der Waals surface area contributed by atoms with E-state index in [1.807, 2.05) is 6.92 Å². The highest BCUT2D eigenvalue weighted by molar-refractivity contribution is 7.92. The Balaban J connectivity index is 1.20. The average Bonchev–Trinajstić information content (AvgIpc) is 3.03. The molecular weight excluding hydrogens is 598 g/mol. The Kier molecular flexibility index (Phi) is 9.11. The van der Waals surface area contributed by atoms with Crippen molar-refractivity contribution in [3.05, 3.63) is 72.3 Å². The van der Waals surface area contributed by atoms with Crippen LogP contribution >= 0.6 is 0 Å². The van der Waals surface area contributed by atoms with Gasteiger partial charge in [0.2, 0.25) is 10.0 Å². The summed E-state index contributed by atoms with van der Waals surface area (Å²) in [7, 11) is -6.14. The minimum Gasteiger partial charge on any atom is -0.497 e. The Hall–Kier alpha value is -3.85. The summed E-state index contributed by atoms with van der Waals surface area (Å²) in [6, 6.07) is 17.2. The van der Waals surface area contributed by atoms with Crippen LogP contribution in [-0.2, 0) is 29.6 Å². The maximum absolute atomic E-state index is 13.7. The van der Waals surface area contributed by atoms with Crippen molar-refractivity contribution in [1.82, 2.24) is 9.62 Å². The van der Waals surface area contributed by atoms with Gasteiger partial charge in [0.25, 0.3) is 15.9 Å². The maximum atomic E-state index is 13.7. The topological polar surface area (TPSA) is 141 Å². The van der Waals surface area contributed by atoms with Crippen molar-refractivity contribution >= 4 is 31.6 Å². The number of morpholine rings is 1. The summed E-state index contributed by atoms with van der Waals surface area (Å²) < 4.78 is 77.4. The van der Waals surface area contributed by atoms with E-state index in [4.69, 9.17) is 18.9 Å². The van der Waals surface area contributed by atoms with Gasteiger partial charge in [0.05, 0.1) is 48.9 Å². The number of benzene rings is 3. The first-order valence-corrected chi connectivity index (χ1v) is 16.5. The number of carbonyl (C=O) groups is 1. The molecule has 1 N–H and O–H groups in total. The van der Waals surface area contributed by atoms with Crippen molar-refractivity contribution in [3.8, 4) is 17.2 Å². The number of nitrogens with one attached hydrogen (secondary N) is 1. The molecule has 1 amide bonds. The van der Waals surface area contributed by atoms with E-state index in [9.17, 15) is 21.6 Å². The van der Waals surface area contributed by atoms with E-state index < -0.39 is 32.1 Å². The molecule has 0 spiro atoms. The zero-order valence-corrected chi connectivity index (χ0v) is 25.4. The van der Waals surface area contributed by atoms with E-state index in [1.54, 1.807) is 42.5 Å². The second-order valence-corrected chi connectivity index (χ2v) is 13.7. The molecule has 0 saturated carbocycles. The van der Waals surface area contributed by atoms with Crippen LogP contribution in [0.5, 0.6) is 17.2 Å². The number of rotatable bonds is 10. The molecule has 1 unspecified atom stereocenters. The fourth-order valence-electron chi connectivity index (χ4n) is 4.70. The lowest BCUT2D eigenvalue weighted by atomic mass is 10.1. The van der Waals surface area contributed by atoms with Crippen molar-refractivity contribution in [2.75, 3.05) is 57.4 Å². The summed E-state index contributed by atoms with van der Waals surface area (Å²) in [6.45, 7) is 3.16. The highest BCUT2D eigenvalue weighted by atomic mass is 32.2. The fourth-order valence-corrected chi connectivity index (χ4v) is 7.58. The molecule has 0 aliphatic carbocycles. The molecule has 1 atom stereocenters. The molecule has 0 radical (unpaired) electrons. The number of hydrogen-bond donors (Lipinski definition) is 1. The molecule has 2 aliphatic rings. The number of hydrogen-bond acceptors (Lipinski definition) is 9. The van der Waals surface area contributed by atoms with Crippen molar-refractivity contribution in [2.45, 2.75) is 22.8 Å². The number of anilines is 1. The van der Waals surface area contributed by atoms with Crippen LogP contribution in [0.2, 0.25) is 0 Å². The summed E-state index contributed by atoms with van der Waals surface area (Å²) in [5, 5.41) is 2.73. The lowest BCUT2D eigenvalue weighted by Crippen LogP contribution is -2.51. The summed E-state index contributed by atoms with van der Waals surface area (Å²) in [5.41, 5.74) is 1.19. The molecule has 230 valence electrons. The number of methoxy groups -OCH3 is 1. The van der Waals surface area contributed by atoms with Gasteiger partial charge in [0.1, 0.15) is 23.9 Å². The fraction of sp³-hybridized carbons (Fsp3) is 0.345. The highest BCUT2D eigenvalue weighted by Crippen LogP contribution is 2.38. The second-order valence-electron chi connectivity index (χ2n) is 9.92. The van der Waals surface area contributed by atoms with E-state index in [2.05, 4.69) is 5.32 Å². The molecule has 3 aromatic rings. The standard InChI is InChI=1S/C29H33N3O9S2/c1-21-3-12-27-26(19-21)32(43(36,37)25-8-4-22(38-2)5-9-25)20-28(41-27)29(33)30-13-16-40-23-6-10-24(11-7-23)42(34,35)31-14-17-39-18-15-31/h3-12,19,28H,13-18,20H2,1-2H3,(H,30,33). The maximum Gasteiger partial charge on any atom is 0.264 e. The largest absolute Gasteiger partial charge is 0.497 e. The Morgan fingerprint density at radius 3 is 2.19 bits per heavy atom. The predicted octanol–water partition coefficient (Wildman–Crippen LogP) is 2.18. The van der Waals surface area contributed by atoms with Crippen LogP contribution in [-0.4, -0.2) is 86.3 Å². The first-order chi connectivity index (χ1) is 20.6. The van der Waals surface area contributed by atoms with Gasteiger partial charge >= 0.3 is 0 Å². The first kappa shape index (κ1) is 30.6. The van der Waals surface area contributed by atoms with Crippen molar-refractivity contribution in [2.24, 2.45) is 0 Å². The second kappa shape index (κ2) is 12.8. The van der Waals surface area contributed by atoms with Crippen LogP contribution in [0.25, 0.3) is 0 Å². The smallest absolute Gasteiger partial charge is 0.264 e. The molecule has 5 rings (SSSR count). The molecule has 2 heterocycles. The van der Waals surface area contributed by atoms with E-state index in [1.165, 1.54) is 40.0 Å². The van der Waals surface area contributed by atoms with Crippen LogP contribution in [0, 0.1) is 6.92 Å². The van der Waals surface area contributed by atoms with Gasteiger partial charge in [-0.3, -0.25) is 9.10 Å². The van der Waals surface area contributed by atoms with E-state index >= 15 is 0 Å². The Morgan fingerprint density at radius 2 is 1.53 bits per heavy atom. The number of aryl methyl sites for hydroxylation is 1. The number of sulfonamides is 2. The Morgan fingerprint density at radius 1 is 0.907 bits per heavy atom. The van der Waals surface area contributed by atoms with Crippen LogP contribution in [0.15, 0.2) is 76.5 Å². The normalized spacial score (nSPS) is 17.4. The molecule has 3 aromatic carbocycles. The number of fused-ring (bicyclic) bond motifs is 1. The first-order valence-electron chi connectivity index (χ1n) is 13.6. The van der Waals surface area contributed by atoms with Gasteiger partial charge in [-0.2, -0.15) is 4.31 Å². The predicted molar refractivity (Wildman–Crippen MR) is 158 cm³/mol. The summed E-state index contributed by atoms with van der Waals surface area (Å²) in [5.74, 6) is 0.727. The Labute approximate surface area is 251 Å². The van der Waals surface area contributed by atoms with Crippen LogP contribution in [0.3, 0.4) is 0 Å². The average molecular weight is 632 g/mol. The van der Waals surface area contributed by atoms with Crippen molar-refractivity contribution in [3.63, 3.8) is 0 Å². The molecule has 0 bridgehead atoms. The van der Waals surface area contributed by atoms with Gasteiger partial charge < -0.3 is 24.3 Å². The number of carbonyl (C=O) groups excluding carboxylic acids is 1. The van der Waals surface area contributed by atoms with Gasteiger partial charge in [0, 0.05) is 13.1 Å². The van der Waals surface area contributed by atoms with E-state index in [-0.39, 0.29) is 35.2 Å². The van der Waals surface area contributed by atoms with Crippen molar-refractivity contribution in [1.29, 1.82) is 0 Å². The van der Waals surface area contributed by atoms with Gasteiger partial charge in [-0.15, -0.1) is 0 Å². The molecule has 43 heavy (non-hydrogen) atoms. The molecular formula is C29H33N3O9S2. The van der Waals surface area contributed by atoms with E-state index in [0.29, 0.717) is 43.5 Å². The third kappa shape index (κ3) is 6.72. The third-order valence-corrected chi connectivity index (χ3v) is 10.7. The molecule has 0 aromatic heterocycles. The number of nitrogens with zero attached hydrogens (tertiary/aromatic N) is 2. The summed E-state index contributed by atoms with van der Waals surface area (Å²) in [4.78, 5) is 13.3. The van der Waals surface area contributed by atoms with Crippen LogP contribution in [0.4, 0.5) is 5.69 Å². The van der Waals surface area contributed by atoms with Crippen molar-refractivity contribution < 1.29 is 40.6 Å². The molecule has 12 nitrogen and oxygen atoms in total. The lowest BCUT2D eigenvalue weighted by molar-refractivity contribution is -0.127. The SMILES string of the molecule is COc1ccc(S(=O)(=O)N2CC(C(=O)NCCOc3ccc(S(=O)(=O)N4CCOCC4)cc3)Oc3ccc(C)cc32)cc1.